The molecule has 128 valence electrons. The van der Waals surface area contributed by atoms with Gasteiger partial charge in [0.1, 0.15) is 11.5 Å². The van der Waals surface area contributed by atoms with Gasteiger partial charge < -0.3 is 15.2 Å². The summed E-state index contributed by atoms with van der Waals surface area (Å²) in [5.41, 5.74) is 0.513. The minimum absolute atomic E-state index is 0.0529. The summed E-state index contributed by atoms with van der Waals surface area (Å²) in [4.78, 5) is 12.3. The number of amides is 1. The Morgan fingerprint density at radius 1 is 1.08 bits per heavy atom. The lowest BCUT2D eigenvalue weighted by molar-refractivity contribution is -0.122. The van der Waals surface area contributed by atoms with Crippen molar-refractivity contribution in [1.29, 1.82) is 0 Å². The first-order chi connectivity index (χ1) is 11.9. The van der Waals surface area contributed by atoms with Gasteiger partial charge in [0.05, 0.1) is 0 Å². The summed E-state index contributed by atoms with van der Waals surface area (Å²) in [6.07, 6.45) is -0.933. The van der Waals surface area contributed by atoms with Crippen LogP contribution in [0, 0.1) is 11.6 Å². The molecular formula is C19H15F2NO3. The number of rotatable bonds is 4. The first-order valence-electron chi connectivity index (χ1n) is 7.58. The Labute approximate surface area is 142 Å². The Hall–Kier alpha value is -3.15. The van der Waals surface area contributed by atoms with Crippen LogP contribution in [0.3, 0.4) is 0 Å². The number of aromatic hydroxyl groups is 1. The Morgan fingerprint density at radius 3 is 2.64 bits per heavy atom. The van der Waals surface area contributed by atoms with E-state index in [2.05, 4.69) is 5.32 Å². The highest BCUT2D eigenvalue weighted by Gasteiger charge is 2.17. The number of benzene rings is 3. The smallest absolute Gasteiger partial charge is 0.265 e. The van der Waals surface area contributed by atoms with Crippen LogP contribution in [0.5, 0.6) is 11.5 Å². The van der Waals surface area contributed by atoms with Crippen LogP contribution >= 0.6 is 0 Å². The second kappa shape index (κ2) is 6.76. The molecule has 1 amide bonds. The molecule has 0 bridgehead atoms. The molecule has 2 N–H and O–H groups in total. The SMILES string of the molecule is C[C@H](Oc1ccc(F)c(F)c1)C(=O)Nc1cccc2ccc(O)cc12. The number of fused-ring (bicyclic) bond motifs is 1. The van der Waals surface area contributed by atoms with Crippen LogP contribution in [0.15, 0.2) is 54.6 Å². The maximum Gasteiger partial charge on any atom is 0.265 e. The Kier molecular flexibility index (Phi) is 4.52. The van der Waals surface area contributed by atoms with Gasteiger partial charge >= 0.3 is 0 Å². The summed E-state index contributed by atoms with van der Waals surface area (Å²) in [6, 6.07) is 13.2. The second-order valence-corrected chi connectivity index (χ2v) is 5.54. The first kappa shape index (κ1) is 16.7. The van der Waals surface area contributed by atoms with E-state index in [4.69, 9.17) is 4.74 Å². The molecular weight excluding hydrogens is 328 g/mol. The highest BCUT2D eigenvalue weighted by molar-refractivity contribution is 6.03. The quantitative estimate of drug-likeness (QED) is 0.745. The summed E-state index contributed by atoms with van der Waals surface area (Å²) < 4.78 is 31.5. The molecule has 0 spiro atoms. The van der Waals surface area contributed by atoms with Gasteiger partial charge in [-0.05, 0) is 42.6 Å². The molecule has 0 radical (unpaired) electrons. The molecule has 1 atom stereocenters. The van der Waals surface area contributed by atoms with Crippen molar-refractivity contribution in [3.63, 3.8) is 0 Å². The van der Waals surface area contributed by atoms with E-state index < -0.39 is 23.6 Å². The zero-order valence-electron chi connectivity index (χ0n) is 13.3. The standard InChI is InChI=1S/C19H15F2NO3/c1-11(25-14-7-8-16(20)17(21)10-14)19(24)22-18-4-2-3-12-5-6-13(23)9-15(12)18/h2-11,23H,1H3,(H,22,24)/t11-/m0/s1. The molecule has 3 aromatic rings. The topological polar surface area (TPSA) is 58.6 Å². The molecule has 4 nitrogen and oxygen atoms in total. The summed E-state index contributed by atoms with van der Waals surface area (Å²) in [5.74, 6) is -2.35. The summed E-state index contributed by atoms with van der Waals surface area (Å²) in [5, 5.41) is 13.9. The third kappa shape index (κ3) is 3.68. The van der Waals surface area contributed by atoms with Crippen LogP contribution in [0.1, 0.15) is 6.92 Å². The van der Waals surface area contributed by atoms with E-state index in [1.54, 1.807) is 30.3 Å². The van der Waals surface area contributed by atoms with Crippen molar-refractivity contribution < 1.29 is 23.4 Å². The van der Waals surface area contributed by atoms with E-state index in [0.717, 1.165) is 17.5 Å². The molecule has 0 aromatic heterocycles. The Morgan fingerprint density at radius 2 is 1.88 bits per heavy atom. The summed E-state index contributed by atoms with van der Waals surface area (Å²) >= 11 is 0. The van der Waals surface area contributed by atoms with E-state index in [-0.39, 0.29) is 11.5 Å². The van der Waals surface area contributed by atoms with E-state index in [0.29, 0.717) is 11.1 Å². The number of hydrogen-bond acceptors (Lipinski definition) is 3. The number of carbonyl (C=O) groups excluding carboxylic acids is 1. The molecule has 25 heavy (non-hydrogen) atoms. The minimum Gasteiger partial charge on any atom is -0.508 e. The molecule has 0 aliphatic rings. The number of hydrogen-bond donors (Lipinski definition) is 2. The zero-order valence-corrected chi connectivity index (χ0v) is 13.3. The fraction of sp³-hybridized carbons (Fsp3) is 0.105. The van der Waals surface area contributed by atoms with Gasteiger partial charge in [0, 0.05) is 17.1 Å². The van der Waals surface area contributed by atoms with E-state index in [1.165, 1.54) is 13.0 Å². The molecule has 3 rings (SSSR count). The lowest BCUT2D eigenvalue weighted by Crippen LogP contribution is -2.30. The molecule has 3 aromatic carbocycles. The van der Waals surface area contributed by atoms with Crippen LogP contribution in [-0.4, -0.2) is 17.1 Å². The van der Waals surface area contributed by atoms with Crippen molar-refractivity contribution in [2.24, 2.45) is 0 Å². The Balaban J connectivity index is 1.77. The number of ether oxygens (including phenoxy) is 1. The van der Waals surface area contributed by atoms with Crippen LogP contribution in [0.25, 0.3) is 10.8 Å². The summed E-state index contributed by atoms with van der Waals surface area (Å²) in [6.45, 7) is 1.50. The van der Waals surface area contributed by atoms with Gasteiger partial charge in [-0.1, -0.05) is 18.2 Å². The minimum atomic E-state index is -1.05. The largest absolute Gasteiger partial charge is 0.508 e. The molecule has 6 heteroatoms. The van der Waals surface area contributed by atoms with Crippen LogP contribution in [0.2, 0.25) is 0 Å². The number of anilines is 1. The molecule has 0 fully saturated rings. The maximum absolute atomic E-state index is 13.2. The van der Waals surface area contributed by atoms with Gasteiger partial charge in [0.2, 0.25) is 0 Å². The predicted octanol–water partition coefficient (Wildman–Crippen LogP) is 4.23. The molecule has 0 aliphatic carbocycles. The van der Waals surface area contributed by atoms with E-state index >= 15 is 0 Å². The maximum atomic E-state index is 13.2. The third-order valence-electron chi connectivity index (χ3n) is 3.70. The Bertz CT molecular complexity index is 943. The number of carbonyl (C=O) groups is 1. The number of halogens is 2. The molecule has 0 saturated heterocycles. The van der Waals surface area contributed by atoms with Crippen molar-refractivity contribution in [3.05, 3.63) is 66.2 Å². The van der Waals surface area contributed by atoms with Crippen molar-refractivity contribution in [3.8, 4) is 11.5 Å². The van der Waals surface area contributed by atoms with Crippen molar-refractivity contribution in [2.75, 3.05) is 5.32 Å². The third-order valence-corrected chi connectivity index (χ3v) is 3.70. The van der Waals surface area contributed by atoms with Crippen molar-refractivity contribution in [2.45, 2.75) is 13.0 Å². The van der Waals surface area contributed by atoms with Crippen LogP contribution in [-0.2, 0) is 4.79 Å². The second-order valence-electron chi connectivity index (χ2n) is 5.54. The highest BCUT2D eigenvalue weighted by Crippen LogP contribution is 2.27. The number of phenols is 1. The zero-order chi connectivity index (χ0) is 18.0. The van der Waals surface area contributed by atoms with E-state index in [9.17, 15) is 18.7 Å². The van der Waals surface area contributed by atoms with Crippen molar-refractivity contribution in [1.82, 2.24) is 0 Å². The molecule has 0 unspecified atom stereocenters. The molecule has 0 heterocycles. The van der Waals surface area contributed by atoms with Crippen LogP contribution < -0.4 is 10.1 Å². The fourth-order valence-corrected chi connectivity index (χ4v) is 2.41. The van der Waals surface area contributed by atoms with Gasteiger partial charge in [0.25, 0.3) is 5.91 Å². The number of nitrogens with one attached hydrogen (secondary N) is 1. The highest BCUT2D eigenvalue weighted by atomic mass is 19.2. The van der Waals surface area contributed by atoms with Crippen LogP contribution in [0.4, 0.5) is 14.5 Å². The average Bonchev–Trinajstić information content (AvgIpc) is 2.58. The van der Waals surface area contributed by atoms with Crippen molar-refractivity contribution >= 4 is 22.4 Å². The van der Waals surface area contributed by atoms with Gasteiger partial charge in [-0.2, -0.15) is 0 Å². The monoisotopic (exact) mass is 343 g/mol. The van der Waals surface area contributed by atoms with E-state index in [1.807, 2.05) is 6.07 Å². The first-order valence-corrected chi connectivity index (χ1v) is 7.58. The number of phenolic OH excluding ortho intramolecular Hbond substituents is 1. The normalized spacial score (nSPS) is 12.0. The van der Waals surface area contributed by atoms with Gasteiger partial charge in [-0.25, -0.2) is 8.78 Å². The lowest BCUT2D eigenvalue weighted by atomic mass is 10.1. The molecule has 0 aliphatic heterocycles. The molecule has 0 saturated carbocycles. The van der Waals surface area contributed by atoms with Gasteiger partial charge in [0.15, 0.2) is 17.7 Å². The van der Waals surface area contributed by atoms with Gasteiger partial charge in [-0.3, -0.25) is 4.79 Å². The fourth-order valence-electron chi connectivity index (χ4n) is 2.41. The predicted molar refractivity (Wildman–Crippen MR) is 90.7 cm³/mol. The van der Waals surface area contributed by atoms with Gasteiger partial charge in [-0.15, -0.1) is 0 Å². The lowest BCUT2D eigenvalue weighted by Gasteiger charge is -2.16. The average molecular weight is 343 g/mol. The summed E-state index contributed by atoms with van der Waals surface area (Å²) in [7, 11) is 0.